The Kier molecular flexibility index (Phi) is 4.69. The van der Waals surface area contributed by atoms with Gasteiger partial charge in [-0.25, -0.2) is 0 Å². The largest absolute Gasteiger partial charge is 0.355 e. The number of likely N-dealkylation sites (tertiary alicyclic amines) is 1. The molecule has 4 heteroatoms. The van der Waals surface area contributed by atoms with Crippen LogP contribution in [-0.4, -0.2) is 42.4 Å². The van der Waals surface area contributed by atoms with E-state index in [1.807, 2.05) is 0 Å². The number of carbonyl (C=O) groups is 1. The molecule has 1 rings (SSSR count). The van der Waals surface area contributed by atoms with Crippen LogP contribution in [0.3, 0.4) is 0 Å². The highest BCUT2D eigenvalue weighted by Crippen LogP contribution is 2.14. The standard InChI is InChI=1S/C10H19ClN2O/c1-3-13-5-4-9(7-13)6-12-10(14)8(2)11/h8-9H,3-7H2,1-2H3,(H,12,14). The number of amides is 1. The summed E-state index contributed by atoms with van der Waals surface area (Å²) in [6.45, 7) is 8.01. The maximum Gasteiger partial charge on any atom is 0.237 e. The van der Waals surface area contributed by atoms with Gasteiger partial charge < -0.3 is 10.2 Å². The molecule has 2 unspecified atom stereocenters. The van der Waals surface area contributed by atoms with Crippen molar-refractivity contribution in [2.45, 2.75) is 25.6 Å². The van der Waals surface area contributed by atoms with E-state index in [1.54, 1.807) is 6.92 Å². The third-order valence-corrected chi connectivity index (χ3v) is 2.94. The predicted octanol–water partition coefficient (Wildman–Crippen LogP) is 1.07. The van der Waals surface area contributed by atoms with Crippen molar-refractivity contribution in [1.82, 2.24) is 10.2 Å². The Morgan fingerprint density at radius 1 is 1.71 bits per heavy atom. The lowest BCUT2D eigenvalue weighted by molar-refractivity contribution is -0.120. The molecule has 0 radical (unpaired) electrons. The number of nitrogens with zero attached hydrogens (tertiary/aromatic N) is 1. The van der Waals surface area contributed by atoms with E-state index in [4.69, 9.17) is 11.6 Å². The Morgan fingerprint density at radius 2 is 2.43 bits per heavy atom. The molecule has 0 bridgehead atoms. The zero-order valence-corrected chi connectivity index (χ0v) is 9.68. The van der Waals surface area contributed by atoms with Gasteiger partial charge in [0.05, 0.1) is 0 Å². The van der Waals surface area contributed by atoms with Gasteiger partial charge in [0, 0.05) is 13.1 Å². The Balaban J connectivity index is 2.17. The Bertz CT molecular complexity index is 197. The third kappa shape index (κ3) is 3.46. The fraction of sp³-hybridized carbons (Fsp3) is 0.900. The zero-order chi connectivity index (χ0) is 10.6. The number of carbonyl (C=O) groups excluding carboxylic acids is 1. The average Bonchev–Trinajstić information content (AvgIpc) is 2.61. The molecule has 1 fully saturated rings. The minimum absolute atomic E-state index is 0.0541. The molecule has 0 saturated carbocycles. The molecule has 14 heavy (non-hydrogen) atoms. The maximum atomic E-state index is 11.2. The Morgan fingerprint density at radius 3 is 2.93 bits per heavy atom. The molecule has 1 amide bonds. The van der Waals surface area contributed by atoms with Crippen LogP contribution in [0, 0.1) is 5.92 Å². The first-order valence-electron chi connectivity index (χ1n) is 5.27. The van der Waals surface area contributed by atoms with Gasteiger partial charge in [-0.1, -0.05) is 6.92 Å². The summed E-state index contributed by atoms with van der Waals surface area (Å²) in [5.74, 6) is 0.552. The molecule has 1 heterocycles. The number of alkyl halides is 1. The van der Waals surface area contributed by atoms with Gasteiger partial charge in [-0.05, 0) is 32.4 Å². The lowest BCUT2D eigenvalue weighted by atomic mass is 10.1. The highest BCUT2D eigenvalue weighted by atomic mass is 35.5. The van der Waals surface area contributed by atoms with E-state index in [0.29, 0.717) is 5.92 Å². The quantitative estimate of drug-likeness (QED) is 0.717. The first kappa shape index (κ1) is 11.8. The van der Waals surface area contributed by atoms with Crippen molar-refractivity contribution in [2.24, 2.45) is 5.92 Å². The van der Waals surface area contributed by atoms with Gasteiger partial charge in [0.1, 0.15) is 5.38 Å². The molecule has 3 nitrogen and oxygen atoms in total. The predicted molar refractivity (Wildman–Crippen MR) is 58.5 cm³/mol. The van der Waals surface area contributed by atoms with Crippen molar-refractivity contribution in [3.8, 4) is 0 Å². The fourth-order valence-electron chi connectivity index (χ4n) is 1.75. The minimum atomic E-state index is -0.418. The normalized spacial score (nSPS) is 24.9. The molecular weight excluding hydrogens is 200 g/mol. The van der Waals surface area contributed by atoms with E-state index in [0.717, 1.165) is 26.2 Å². The Labute approximate surface area is 90.8 Å². The summed E-state index contributed by atoms with van der Waals surface area (Å²) in [7, 11) is 0. The van der Waals surface area contributed by atoms with Gasteiger partial charge in [0.2, 0.25) is 5.91 Å². The van der Waals surface area contributed by atoms with Crippen molar-refractivity contribution in [1.29, 1.82) is 0 Å². The average molecular weight is 219 g/mol. The molecule has 2 atom stereocenters. The van der Waals surface area contributed by atoms with E-state index >= 15 is 0 Å². The van der Waals surface area contributed by atoms with Crippen LogP contribution in [0.5, 0.6) is 0 Å². The van der Waals surface area contributed by atoms with Gasteiger partial charge in [0.15, 0.2) is 0 Å². The highest BCUT2D eigenvalue weighted by molar-refractivity contribution is 6.30. The van der Waals surface area contributed by atoms with Crippen molar-refractivity contribution in [3.05, 3.63) is 0 Å². The van der Waals surface area contributed by atoms with Crippen molar-refractivity contribution >= 4 is 17.5 Å². The molecule has 0 aliphatic carbocycles. The number of hydrogen-bond acceptors (Lipinski definition) is 2. The van der Waals surface area contributed by atoms with Crippen LogP contribution < -0.4 is 5.32 Å². The van der Waals surface area contributed by atoms with E-state index in [1.165, 1.54) is 6.42 Å². The smallest absolute Gasteiger partial charge is 0.237 e. The summed E-state index contributed by atoms with van der Waals surface area (Å²) in [4.78, 5) is 13.6. The lowest BCUT2D eigenvalue weighted by Gasteiger charge is -2.14. The molecule has 1 aliphatic rings. The Hall–Kier alpha value is -0.280. The molecule has 0 spiro atoms. The summed E-state index contributed by atoms with van der Waals surface area (Å²) in [6, 6.07) is 0. The summed E-state index contributed by atoms with van der Waals surface area (Å²) in [5.41, 5.74) is 0. The third-order valence-electron chi connectivity index (χ3n) is 2.74. The summed E-state index contributed by atoms with van der Waals surface area (Å²) >= 11 is 5.65. The van der Waals surface area contributed by atoms with Crippen molar-refractivity contribution < 1.29 is 4.79 Å². The highest BCUT2D eigenvalue weighted by Gasteiger charge is 2.21. The van der Waals surface area contributed by atoms with Crippen LogP contribution in [0.25, 0.3) is 0 Å². The number of hydrogen-bond donors (Lipinski definition) is 1. The zero-order valence-electron chi connectivity index (χ0n) is 8.92. The van der Waals surface area contributed by atoms with Gasteiger partial charge in [-0.15, -0.1) is 11.6 Å². The van der Waals surface area contributed by atoms with Crippen LogP contribution in [0.4, 0.5) is 0 Å². The second kappa shape index (κ2) is 5.56. The van der Waals surface area contributed by atoms with E-state index < -0.39 is 5.38 Å². The van der Waals surface area contributed by atoms with E-state index in [9.17, 15) is 4.79 Å². The fourth-order valence-corrected chi connectivity index (χ4v) is 1.83. The molecule has 0 aromatic rings. The second-order valence-corrected chi connectivity index (χ2v) is 4.56. The minimum Gasteiger partial charge on any atom is -0.355 e. The van der Waals surface area contributed by atoms with Crippen LogP contribution >= 0.6 is 11.6 Å². The van der Waals surface area contributed by atoms with Crippen molar-refractivity contribution in [2.75, 3.05) is 26.2 Å². The number of rotatable bonds is 4. The second-order valence-electron chi connectivity index (χ2n) is 3.91. The van der Waals surface area contributed by atoms with Crippen LogP contribution in [0.1, 0.15) is 20.3 Å². The molecule has 0 aromatic carbocycles. The molecular formula is C10H19ClN2O. The summed E-state index contributed by atoms with van der Waals surface area (Å²) in [6.07, 6.45) is 1.19. The summed E-state index contributed by atoms with van der Waals surface area (Å²) in [5, 5.41) is 2.45. The monoisotopic (exact) mass is 218 g/mol. The van der Waals surface area contributed by atoms with Gasteiger partial charge >= 0.3 is 0 Å². The molecule has 82 valence electrons. The van der Waals surface area contributed by atoms with Crippen LogP contribution in [-0.2, 0) is 4.79 Å². The molecule has 1 aliphatic heterocycles. The van der Waals surface area contributed by atoms with Gasteiger partial charge in [-0.3, -0.25) is 4.79 Å². The van der Waals surface area contributed by atoms with E-state index in [-0.39, 0.29) is 5.91 Å². The topological polar surface area (TPSA) is 32.3 Å². The SMILES string of the molecule is CCN1CCC(CNC(=O)C(C)Cl)C1. The molecule has 1 N–H and O–H groups in total. The lowest BCUT2D eigenvalue weighted by Crippen LogP contribution is -2.34. The number of nitrogens with one attached hydrogen (secondary N) is 1. The van der Waals surface area contributed by atoms with E-state index in [2.05, 4.69) is 17.1 Å². The van der Waals surface area contributed by atoms with Crippen LogP contribution in [0.2, 0.25) is 0 Å². The van der Waals surface area contributed by atoms with Gasteiger partial charge in [-0.2, -0.15) is 0 Å². The van der Waals surface area contributed by atoms with Crippen LogP contribution in [0.15, 0.2) is 0 Å². The molecule has 0 aromatic heterocycles. The van der Waals surface area contributed by atoms with Gasteiger partial charge in [0.25, 0.3) is 0 Å². The summed E-state index contributed by atoms with van der Waals surface area (Å²) < 4.78 is 0. The maximum absolute atomic E-state index is 11.2. The first-order chi connectivity index (χ1) is 6.63. The van der Waals surface area contributed by atoms with Crippen molar-refractivity contribution in [3.63, 3.8) is 0 Å². The molecule has 1 saturated heterocycles. The number of halogens is 1. The first-order valence-corrected chi connectivity index (χ1v) is 5.71.